The fourth-order valence-corrected chi connectivity index (χ4v) is 3.40. The Kier molecular flexibility index (Phi) is 7.11. The van der Waals surface area contributed by atoms with Crippen LogP contribution < -0.4 is 10.2 Å². The number of hydrogen-bond donors (Lipinski definition) is 1. The Morgan fingerprint density at radius 1 is 0.963 bits per heavy atom. The Morgan fingerprint density at radius 3 is 2.30 bits per heavy atom. The lowest BCUT2D eigenvalue weighted by Gasteiger charge is -2.37. The lowest BCUT2D eigenvalue weighted by atomic mass is 10.1. The van der Waals surface area contributed by atoms with Gasteiger partial charge in [0.05, 0.1) is 6.61 Å². The maximum Gasteiger partial charge on any atom is 0.194 e. The van der Waals surface area contributed by atoms with Crippen LogP contribution in [0.25, 0.3) is 0 Å². The number of hydrogen-bond acceptors (Lipinski definition) is 3. The zero-order valence-corrected chi connectivity index (χ0v) is 16.4. The van der Waals surface area contributed by atoms with E-state index in [1.54, 1.807) is 0 Å². The molecule has 5 heteroatoms. The van der Waals surface area contributed by atoms with Crippen molar-refractivity contribution < 1.29 is 4.74 Å². The van der Waals surface area contributed by atoms with Crippen molar-refractivity contribution in [1.82, 2.24) is 10.2 Å². The van der Waals surface area contributed by atoms with Gasteiger partial charge in [0.1, 0.15) is 0 Å². The summed E-state index contributed by atoms with van der Waals surface area (Å²) in [6.07, 6.45) is 0. The second kappa shape index (κ2) is 9.97. The Balaban J connectivity index is 1.55. The number of nitrogens with zero attached hydrogens (tertiary/aromatic N) is 3. The second-order valence-corrected chi connectivity index (χ2v) is 6.62. The fraction of sp³-hybridized carbons (Fsp3) is 0.409. The number of piperazine rings is 1. The third-order valence-corrected chi connectivity index (χ3v) is 4.93. The molecule has 1 aliphatic heterocycles. The number of guanidine groups is 1. The number of ether oxygens (including phenoxy) is 1. The molecular formula is C22H30N4O. The van der Waals surface area contributed by atoms with Gasteiger partial charge in [-0.15, -0.1) is 0 Å². The summed E-state index contributed by atoms with van der Waals surface area (Å²) in [5.74, 6) is 0.967. The zero-order chi connectivity index (χ0) is 18.9. The topological polar surface area (TPSA) is 40.1 Å². The van der Waals surface area contributed by atoms with Gasteiger partial charge in [0.2, 0.25) is 0 Å². The SMILES string of the molecule is CCOCc1ccccc1CNC(=NC)N1CCN(c2ccccc2)CC1. The first-order valence-electron chi connectivity index (χ1n) is 9.72. The quantitative estimate of drug-likeness (QED) is 0.630. The van der Waals surface area contributed by atoms with Gasteiger partial charge >= 0.3 is 0 Å². The van der Waals surface area contributed by atoms with Gasteiger partial charge in [-0.25, -0.2) is 0 Å². The molecular weight excluding hydrogens is 336 g/mol. The Labute approximate surface area is 162 Å². The van der Waals surface area contributed by atoms with Gasteiger partial charge in [-0.05, 0) is 30.2 Å². The highest BCUT2D eigenvalue weighted by Crippen LogP contribution is 2.16. The van der Waals surface area contributed by atoms with Gasteiger partial charge in [-0.1, -0.05) is 42.5 Å². The Hall–Kier alpha value is -2.53. The molecule has 3 rings (SSSR count). The van der Waals surface area contributed by atoms with Crippen LogP contribution in [0.3, 0.4) is 0 Å². The molecule has 0 radical (unpaired) electrons. The molecule has 1 saturated heterocycles. The zero-order valence-electron chi connectivity index (χ0n) is 16.4. The molecule has 0 unspecified atom stereocenters. The first kappa shape index (κ1) is 19.2. The predicted molar refractivity (Wildman–Crippen MR) is 112 cm³/mol. The van der Waals surface area contributed by atoms with Crippen molar-refractivity contribution in [2.75, 3.05) is 44.7 Å². The molecule has 2 aromatic rings. The molecule has 1 N–H and O–H groups in total. The van der Waals surface area contributed by atoms with Crippen LogP contribution in [0.4, 0.5) is 5.69 Å². The molecule has 0 aliphatic carbocycles. The van der Waals surface area contributed by atoms with E-state index >= 15 is 0 Å². The lowest BCUT2D eigenvalue weighted by molar-refractivity contribution is 0.133. The molecule has 0 saturated carbocycles. The van der Waals surface area contributed by atoms with Gasteiger partial charge in [0.25, 0.3) is 0 Å². The van der Waals surface area contributed by atoms with Gasteiger partial charge in [0, 0.05) is 52.1 Å². The number of aliphatic imine (C=N–C) groups is 1. The number of rotatable bonds is 6. The van der Waals surface area contributed by atoms with E-state index in [9.17, 15) is 0 Å². The highest BCUT2D eigenvalue weighted by atomic mass is 16.5. The van der Waals surface area contributed by atoms with E-state index in [1.807, 2.05) is 14.0 Å². The minimum atomic E-state index is 0.655. The summed E-state index contributed by atoms with van der Waals surface area (Å²) in [4.78, 5) is 9.27. The number of nitrogens with one attached hydrogen (secondary N) is 1. The number of anilines is 1. The maximum absolute atomic E-state index is 5.59. The van der Waals surface area contributed by atoms with Crippen molar-refractivity contribution in [3.8, 4) is 0 Å². The third-order valence-electron chi connectivity index (χ3n) is 4.93. The summed E-state index contributed by atoms with van der Waals surface area (Å²) >= 11 is 0. The van der Waals surface area contributed by atoms with Gasteiger partial charge in [-0.2, -0.15) is 0 Å². The van der Waals surface area contributed by atoms with Crippen LogP contribution in [0, 0.1) is 0 Å². The predicted octanol–water partition coefficient (Wildman–Crippen LogP) is 3.12. The Morgan fingerprint density at radius 2 is 1.63 bits per heavy atom. The highest BCUT2D eigenvalue weighted by molar-refractivity contribution is 5.80. The fourth-order valence-electron chi connectivity index (χ4n) is 3.40. The van der Waals surface area contributed by atoms with Crippen LogP contribution in [-0.2, 0) is 17.9 Å². The van der Waals surface area contributed by atoms with E-state index in [0.29, 0.717) is 6.61 Å². The van der Waals surface area contributed by atoms with Crippen molar-refractivity contribution in [3.63, 3.8) is 0 Å². The van der Waals surface area contributed by atoms with Gasteiger partial charge in [-0.3, -0.25) is 4.99 Å². The average Bonchev–Trinajstić information content (AvgIpc) is 2.74. The van der Waals surface area contributed by atoms with Crippen LogP contribution in [0.15, 0.2) is 59.6 Å². The summed E-state index contributed by atoms with van der Waals surface area (Å²) in [7, 11) is 1.86. The van der Waals surface area contributed by atoms with Crippen molar-refractivity contribution in [2.45, 2.75) is 20.1 Å². The molecule has 0 bridgehead atoms. The van der Waals surface area contributed by atoms with E-state index in [0.717, 1.165) is 45.3 Å². The Bertz CT molecular complexity index is 724. The minimum Gasteiger partial charge on any atom is -0.377 e. The summed E-state index contributed by atoms with van der Waals surface area (Å²) in [6, 6.07) is 19.0. The number of para-hydroxylation sites is 1. The molecule has 1 heterocycles. The summed E-state index contributed by atoms with van der Waals surface area (Å²) in [6.45, 7) is 8.12. The molecule has 27 heavy (non-hydrogen) atoms. The average molecular weight is 367 g/mol. The van der Waals surface area contributed by atoms with E-state index in [1.165, 1.54) is 16.8 Å². The van der Waals surface area contributed by atoms with Crippen LogP contribution in [0.2, 0.25) is 0 Å². The molecule has 2 aromatic carbocycles. The van der Waals surface area contributed by atoms with Crippen LogP contribution in [0.1, 0.15) is 18.1 Å². The molecule has 0 spiro atoms. The molecule has 1 fully saturated rings. The molecule has 0 atom stereocenters. The maximum atomic E-state index is 5.59. The summed E-state index contributed by atoms with van der Waals surface area (Å²) in [5, 5.41) is 3.53. The first-order valence-corrected chi connectivity index (χ1v) is 9.72. The van der Waals surface area contributed by atoms with Gasteiger partial charge < -0.3 is 19.9 Å². The van der Waals surface area contributed by atoms with Crippen molar-refractivity contribution >= 4 is 11.6 Å². The van der Waals surface area contributed by atoms with E-state index in [4.69, 9.17) is 4.74 Å². The van der Waals surface area contributed by atoms with E-state index in [2.05, 4.69) is 74.7 Å². The van der Waals surface area contributed by atoms with Crippen LogP contribution in [0.5, 0.6) is 0 Å². The van der Waals surface area contributed by atoms with E-state index in [-0.39, 0.29) is 0 Å². The molecule has 0 aromatic heterocycles. The van der Waals surface area contributed by atoms with Gasteiger partial charge in [0.15, 0.2) is 5.96 Å². The standard InChI is InChI=1S/C22H30N4O/c1-3-27-18-20-10-8-7-9-19(20)17-24-22(23-2)26-15-13-25(14-16-26)21-11-5-4-6-12-21/h4-12H,3,13-18H2,1-2H3,(H,23,24). The summed E-state index contributed by atoms with van der Waals surface area (Å²) in [5.41, 5.74) is 3.79. The van der Waals surface area contributed by atoms with E-state index < -0.39 is 0 Å². The summed E-state index contributed by atoms with van der Waals surface area (Å²) < 4.78 is 5.59. The van der Waals surface area contributed by atoms with Crippen molar-refractivity contribution in [1.29, 1.82) is 0 Å². The second-order valence-electron chi connectivity index (χ2n) is 6.62. The monoisotopic (exact) mass is 366 g/mol. The van der Waals surface area contributed by atoms with Crippen LogP contribution >= 0.6 is 0 Å². The largest absolute Gasteiger partial charge is 0.377 e. The molecule has 0 amide bonds. The van der Waals surface area contributed by atoms with Crippen molar-refractivity contribution in [2.24, 2.45) is 4.99 Å². The third kappa shape index (κ3) is 5.23. The molecule has 144 valence electrons. The number of benzene rings is 2. The normalized spacial score (nSPS) is 15.1. The first-order chi connectivity index (χ1) is 13.3. The smallest absolute Gasteiger partial charge is 0.194 e. The van der Waals surface area contributed by atoms with Crippen LogP contribution in [-0.4, -0.2) is 50.7 Å². The minimum absolute atomic E-state index is 0.655. The molecule has 1 aliphatic rings. The van der Waals surface area contributed by atoms with Crippen molar-refractivity contribution in [3.05, 3.63) is 65.7 Å². The highest BCUT2D eigenvalue weighted by Gasteiger charge is 2.19. The molecule has 5 nitrogen and oxygen atoms in total. The lowest BCUT2D eigenvalue weighted by Crippen LogP contribution is -2.52.